The van der Waals surface area contributed by atoms with Crippen LogP contribution in [-0.2, 0) is 6.54 Å². The highest BCUT2D eigenvalue weighted by molar-refractivity contribution is 6.02. The van der Waals surface area contributed by atoms with Gasteiger partial charge in [-0.25, -0.2) is 14.1 Å². The first kappa shape index (κ1) is 15.3. The minimum atomic E-state index is -0.706. The average molecular weight is 331 g/mol. The summed E-state index contributed by atoms with van der Waals surface area (Å²) >= 11 is 0. The van der Waals surface area contributed by atoms with Crippen molar-refractivity contribution >= 4 is 17.7 Å². The number of amides is 1. The van der Waals surface area contributed by atoms with E-state index in [4.69, 9.17) is 0 Å². The van der Waals surface area contributed by atoms with Crippen LogP contribution in [0.2, 0.25) is 0 Å². The highest BCUT2D eigenvalue weighted by atomic mass is 19.1. The molecule has 0 saturated carbocycles. The van der Waals surface area contributed by atoms with Crippen molar-refractivity contribution in [3.63, 3.8) is 0 Å². The van der Waals surface area contributed by atoms with Gasteiger partial charge in [0, 0.05) is 5.56 Å². The summed E-state index contributed by atoms with van der Waals surface area (Å²) in [5.41, 5.74) is 0.246. The molecule has 1 aromatic carbocycles. The van der Waals surface area contributed by atoms with E-state index in [0.29, 0.717) is 5.56 Å². The van der Waals surface area contributed by atoms with Gasteiger partial charge in [-0.1, -0.05) is 23.3 Å². The predicted octanol–water partition coefficient (Wildman–Crippen LogP) is 1.35. The Morgan fingerprint density at radius 3 is 2.92 bits per heavy atom. The van der Waals surface area contributed by atoms with Crippen molar-refractivity contribution in [3.8, 4) is 0 Å². The molecule has 24 heavy (non-hydrogen) atoms. The van der Waals surface area contributed by atoms with Crippen molar-refractivity contribution in [2.45, 2.75) is 6.54 Å². The summed E-state index contributed by atoms with van der Waals surface area (Å²) < 4.78 is 14.9. The van der Waals surface area contributed by atoms with Crippen molar-refractivity contribution in [2.75, 3.05) is 5.32 Å². The first-order valence-electron chi connectivity index (χ1n) is 6.67. The third-order valence-corrected chi connectivity index (χ3v) is 3.05. The van der Waals surface area contributed by atoms with Crippen molar-refractivity contribution in [1.82, 2.24) is 25.0 Å². The molecule has 0 unspecified atom stereocenters. The zero-order valence-electron chi connectivity index (χ0n) is 12.0. The number of nitro groups is 1. The molecule has 122 valence electrons. The Hall–Kier alpha value is -3.63. The van der Waals surface area contributed by atoms with Crippen LogP contribution in [-0.4, -0.2) is 35.8 Å². The summed E-state index contributed by atoms with van der Waals surface area (Å²) in [5, 5.41) is 22.5. The van der Waals surface area contributed by atoms with E-state index < -0.39 is 16.6 Å². The second-order valence-corrected chi connectivity index (χ2v) is 4.71. The fourth-order valence-electron chi connectivity index (χ4n) is 1.92. The summed E-state index contributed by atoms with van der Waals surface area (Å²) in [4.78, 5) is 25.6. The van der Waals surface area contributed by atoms with Gasteiger partial charge in [0.25, 0.3) is 5.91 Å². The van der Waals surface area contributed by atoms with Gasteiger partial charge in [0.15, 0.2) is 5.69 Å². The Kier molecular flexibility index (Phi) is 3.97. The summed E-state index contributed by atoms with van der Waals surface area (Å²) in [5.74, 6) is -1.51. The number of anilines is 1. The fourth-order valence-corrected chi connectivity index (χ4v) is 1.92. The molecule has 1 amide bonds. The van der Waals surface area contributed by atoms with Crippen LogP contribution < -0.4 is 5.32 Å². The van der Waals surface area contributed by atoms with Crippen molar-refractivity contribution in [2.24, 2.45) is 0 Å². The minimum Gasteiger partial charge on any atom is -0.358 e. The van der Waals surface area contributed by atoms with Gasteiger partial charge < -0.3 is 10.1 Å². The number of halogens is 1. The van der Waals surface area contributed by atoms with E-state index in [-0.39, 0.29) is 24.0 Å². The van der Waals surface area contributed by atoms with Crippen LogP contribution >= 0.6 is 0 Å². The van der Waals surface area contributed by atoms with Crippen LogP contribution in [0.15, 0.2) is 36.7 Å². The SMILES string of the molecule is O=C(Nc1ncn(Cc2ccccc2F)n1)c1cc([N+](=O)[O-])[nH]n1. The summed E-state index contributed by atoms with van der Waals surface area (Å²) in [6.07, 6.45) is 1.33. The van der Waals surface area contributed by atoms with Crippen LogP contribution in [0.4, 0.5) is 16.2 Å². The smallest absolute Gasteiger partial charge is 0.343 e. The second-order valence-electron chi connectivity index (χ2n) is 4.71. The number of H-pyrrole nitrogens is 1. The molecule has 0 aliphatic carbocycles. The molecule has 11 heteroatoms. The number of carbonyl (C=O) groups is 1. The minimum absolute atomic E-state index is 0.0259. The Labute approximate surface area is 133 Å². The molecule has 10 nitrogen and oxygen atoms in total. The molecule has 0 bridgehead atoms. The van der Waals surface area contributed by atoms with E-state index in [1.54, 1.807) is 18.2 Å². The third kappa shape index (κ3) is 3.24. The molecule has 0 saturated heterocycles. The van der Waals surface area contributed by atoms with Gasteiger partial charge in [-0.3, -0.25) is 10.1 Å². The van der Waals surface area contributed by atoms with Gasteiger partial charge in [-0.2, -0.15) is 0 Å². The molecule has 3 rings (SSSR count). The average Bonchev–Trinajstić information content (AvgIpc) is 3.19. The molecule has 2 N–H and O–H groups in total. The Bertz CT molecular complexity index is 904. The Morgan fingerprint density at radius 2 is 2.21 bits per heavy atom. The van der Waals surface area contributed by atoms with Gasteiger partial charge in [0.2, 0.25) is 5.95 Å². The number of rotatable bonds is 5. The van der Waals surface area contributed by atoms with E-state index in [2.05, 4.69) is 25.6 Å². The van der Waals surface area contributed by atoms with Crippen molar-refractivity contribution < 1.29 is 14.1 Å². The van der Waals surface area contributed by atoms with E-state index in [1.807, 2.05) is 0 Å². The molecular formula is C13H10FN7O3. The number of hydrogen-bond donors (Lipinski definition) is 2. The number of benzene rings is 1. The van der Waals surface area contributed by atoms with Crippen LogP contribution in [0, 0.1) is 15.9 Å². The lowest BCUT2D eigenvalue weighted by atomic mass is 10.2. The molecule has 2 heterocycles. The Balaban J connectivity index is 1.68. The van der Waals surface area contributed by atoms with E-state index in [0.717, 1.165) is 6.07 Å². The van der Waals surface area contributed by atoms with Gasteiger partial charge in [-0.05, 0) is 11.0 Å². The normalized spacial score (nSPS) is 10.5. The lowest BCUT2D eigenvalue weighted by molar-refractivity contribution is -0.389. The number of nitrogens with zero attached hydrogens (tertiary/aromatic N) is 5. The van der Waals surface area contributed by atoms with E-state index in [1.165, 1.54) is 17.1 Å². The van der Waals surface area contributed by atoms with Gasteiger partial charge in [-0.15, -0.1) is 10.2 Å². The van der Waals surface area contributed by atoms with Crippen LogP contribution in [0.3, 0.4) is 0 Å². The molecule has 0 spiro atoms. The predicted molar refractivity (Wildman–Crippen MR) is 78.7 cm³/mol. The highest BCUT2D eigenvalue weighted by Gasteiger charge is 2.17. The molecule has 2 aromatic heterocycles. The maximum Gasteiger partial charge on any atom is 0.343 e. The standard InChI is InChI=1S/C13H10FN7O3/c14-9-4-2-1-3-8(9)6-20-7-15-13(19-20)16-12(22)10-5-11(18-17-10)21(23)24/h1-5,7H,6H2,(H,17,18)(H,16,19,22). The number of aromatic nitrogens is 5. The van der Waals surface area contributed by atoms with Gasteiger partial charge in [0.05, 0.1) is 12.6 Å². The maximum absolute atomic E-state index is 13.6. The maximum atomic E-state index is 13.6. The number of hydrogen-bond acceptors (Lipinski definition) is 6. The summed E-state index contributed by atoms with van der Waals surface area (Å²) in [6, 6.07) is 7.21. The van der Waals surface area contributed by atoms with Crippen molar-refractivity contribution in [1.29, 1.82) is 0 Å². The molecule has 0 radical (unpaired) electrons. The zero-order chi connectivity index (χ0) is 17.1. The number of aromatic amines is 1. The molecular weight excluding hydrogens is 321 g/mol. The first-order valence-corrected chi connectivity index (χ1v) is 6.67. The lowest BCUT2D eigenvalue weighted by Gasteiger charge is -2.02. The zero-order valence-corrected chi connectivity index (χ0v) is 12.0. The number of carbonyl (C=O) groups excluding carboxylic acids is 1. The fraction of sp³-hybridized carbons (Fsp3) is 0.0769. The number of nitrogens with one attached hydrogen (secondary N) is 2. The monoisotopic (exact) mass is 331 g/mol. The Morgan fingerprint density at radius 1 is 1.42 bits per heavy atom. The molecule has 3 aromatic rings. The van der Waals surface area contributed by atoms with Gasteiger partial charge >= 0.3 is 5.82 Å². The van der Waals surface area contributed by atoms with Gasteiger partial charge in [0.1, 0.15) is 12.1 Å². The van der Waals surface area contributed by atoms with Crippen LogP contribution in [0.5, 0.6) is 0 Å². The summed E-state index contributed by atoms with van der Waals surface area (Å²) in [7, 11) is 0. The van der Waals surface area contributed by atoms with Crippen LogP contribution in [0.1, 0.15) is 16.1 Å². The first-order chi connectivity index (χ1) is 11.5. The highest BCUT2D eigenvalue weighted by Crippen LogP contribution is 2.11. The van der Waals surface area contributed by atoms with Crippen LogP contribution in [0.25, 0.3) is 0 Å². The van der Waals surface area contributed by atoms with E-state index in [9.17, 15) is 19.3 Å². The molecule has 0 aliphatic heterocycles. The summed E-state index contributed by atoms with van der Waals surface area (Å²) in [6.45, 7) is 0.142. The van der Waals surface area contributed by atoms with Crippen molar-refractivity contribution in [3.05, 3.63) is 63.8 Å². The second kappa shape index (κ2) is 6.24. The lowest BCUT2D eigenvalue weighted by Crippen LogP contribution is -2.14. The van der Waals surface area contributed by atoms with E-state index >= 15 is 0 Å². The quantitative estimate of drug-likeness (QED) is 0.536. The topological polar surface area (TPSA) is 132 Å². The molecule has 0 atom stereocenters. The third-order valence-electron chi connectivity index (χ3n) is 3.05. The largest absolute Gasteiger partial charge is 0.358 e. The molecule has 0 aliphatic rings. The molecule has 0 fully saturated rings.